The number of phenols is 1. The van der Waals surface area contributed by atoms with Crippen molar-refractivity contribution in [2.75, 3.05) is 0 Å². The molecule has 0 aliphatic heterocycles. The third kappa shape index (κ3) is 2.62. The highest BCUT2D eigenvalue weighted by Crippen LogP contribution is 2.32. The minimum Gasteiger partial charge on any atom is -0.507 e. The molecule has 0 bridgehead atoms. The number of aromatic hydroxyl groups is 1. The fraction of sp³-hybridized carbons (Fsp3) is 0.235. The minimum atomic E-state index is 0.0597. The molecule has 0 spiro atoms. The number of nitrogens with one attached hydrogen (secondary N) is 1. The molecule has 0 saturated heterocycles. The predicted octanol–water partition coefficient (Wildman–Crippen LogP) is 3.13. The van der Waals surface area contributed by atoms with E-state index in [-0.39, 0.29) is 6.04 Å². The van der Waals surface area contributed by atoms with Crippen molar-refractivity contribution in [2.24, 2.45) is 7.05 Å². The number of phenolic OH excluding ortho intramolecular Hbond substituents is 1. The van der Waals surface area contributed by atoms with Crippen LogP contribution in [0.3, 0.4) is 0 Å². The molecule has 0 radical (unpaired) electrons. The van der Waals surface area contributed by atoms with Gasteiger partial charge in [0.1, 0.15) is 5.75 Å². The zero-order chi connectivity index (χ0) is 14.8. The van der Waals surface area contributed by atoms with E-state index in [4.69, 9.17) is 0 Å². The average Bonchev–Trinajstić information content (AvgIpc) is 2.91. The number of hydrogen-bond acceptors (Lipinski definition) is 3. The van der Waals surface area contributed by atoms with Crippen molar-refractivity contribution in [1.29, 1.82) is 0 Å². The lowest BCUT2D eigenvalue weighted by molar-refractivity contribution is 0.456. The lowest BCUT2D eigenvalue weighted by Crippen LogP contribution is -2.19. The van der Waals surface area contributed by atoms with Crippen LogP contribution in [0.2, 0.25) is 0 Å². The summed E-state index contributed by atoms with van der Waals surface area (Å²) in [6.07, 6.45) is 1.79. The largest absolute Gasteiger partial charge is 0.507 e. The van der Waals surface area contributed by atoms with Gasteiger partial charge in [0.05, 0.1) is 5.69 Å². The number of aryl methyl sites for hydroxylation is 1. The Balaban J connectivity index is 1.83. The van der Waals surface area contributed by atoms with Crippen LogP contribution in [-0.2, 0) is 13.6 Å². The van der Waals surface area contributed by atoms with Gasteiger partial charge < -0.3 is 10.4 Å². The number of hydrogen-bond donors (Lipinski definition) is 2. The van der Waals surface area contributed by atoms with Gasteiger partial charge in [-0.05, 0) is 18.4 Å². The molecule has 3 aromatic rings. The van der Waals surface area contributed by atoms with Crippen LogP contribution in [0.25, 0.3) is 10.8 Å². The van der Waals surface area contributed by atoms with Gasteiger partial charge in [-0.2, -0.15) is 5.10 Å². The topological polar surface area (TPSA) is 50.1 Å². The summed E-state index contributed by atoms with van der Waals surface area (Å²) in [6, 6.07) is 14.0. The van der Waals surface area contributed by atoms with Crippen LogP contribution in [0.1, 0.15) is 24.2 Å². The van der Waals surface area contributed by atoms with Gasteiger partial charge in [-0.25, -0.2) is 0 Å². The van der Waals surface area contributed by atoms with Gasteiger partial charge in [0.15, 0.2) is 0 Å². The summed E-state index contributed by atoms with van der Waals surface area (Å²) in [6.45, 7) is 2.77. The fourth-order valence-corrected chi connectivity index (χ4v) is 2.56. The van der Waals surface area contributed by atoms with E-state index in [1.807, 2.05) is 54.2 Å². The Morgan fingerprint density at radius 3 is 2.76 bits per heavy atom. The van der Waals surface area contributed by atoms with Crippen molar-refractivity contribution in [1.82, 2.24) is 15.1 Å². The maximum atomic E-state index is 10.5. The second-order valence-corrected chi connectivity index (χ2v) is 5.27. The molecule has 0 fully saturated rings. The Morgan fingerprint density at radius 2 is 2.00 bits per heavy atom. The molecule has 21 heavy (non-hydrogen) atoms. The van der Waals surface area contributed by atoms with Gasteiger partial charge >= 0.3 is 0 Å². The van der Waals surface area contributed by atoms with E-state index in [0.29, 0.717) is 12.3 Å². The summed E-state index contributed by atoms with van der Waals surface area (Å²) in [5.41, 5.74) is 2.03. The van der Waals surface area contributed by atoms with E-state index in [1.54, 1.807) is 6.20 Å². The molecule has 108 valence electrons. The third-order valence-corrected chi connectivity index (χ3v) is 3.91. The van der Waals surface area contributed by atoms with Gasteiger partial charge in [-0.15, -0.1) is 0 Å². The van der Waals surface area contributed by atoms with Crippen LogP contribution in [0.5, 0.6) is 5.75 Å². The Hall–Kier alpha value is -2.33. The number of aromatic nitrogens is 2. The van der Waals surface area contributed by atoms with Gasteiger partial charge in [0, 0.05) is 36.8 Å². The van der Waals surface area contributed by atoms with Crippen molar-refractivity contribution >= 4 is 10.8 Å². The second-order valence-electron chi connectivity index (χ2n) is 5.27. The molecule has 4 nitrogen and oxygen atoms in total. The third-order valence-electron chi connectivity index (χ3n) is 3.91. The van der Waals surface area contributed by atoms with Crippen molar-refractivity contribution in [2.45, 2.75) is 19.5 Å². The summed E-state index contributed by atoms with van der Waals surface area (Å²) >= 11 is 0. The van der Waals surface area contributed by atoms with E-state index in [0.717, 1.165) is 22.0 Å². The van der Waals surface area contributed by atoms with Crippen molar-refractivity contribution in [3.8, 4) is 5.75 Å². The molecule has 0 aliphatic carbocycles. The smallest absolute Gasteiger partial charge is 0.128 e. The summed E-state index contributed by atoms with van der Waals surface area (Å²) in [5, 5.41) is 20.0. The maximum absolute atomic E-state index is 10.5. The van der Waals surface area contributed by atoms with Crippen molar-refractivity contribution in [3.63, 3.8) is 0 Å². The Kier molecular flexibility index (Phi) is 3.62. The monoisotopic (exact) mass is 281 g/mol. The van der Waals surface area contributed by atoms with Crippen LogP contribution in [0.15, 0.2) is 48.7 Å². The number of fused-ring (bicyclic) bond motifs is 1. The SMILES string of the molecule is CC(NCc1ccnn1C)c1ccc2ccccc2c1O. The van der Waals surface area contributed by atoms with Gasteiger partial charge in [-0.3, -0.25) is 4.68 Å². The fourth-order valence-electron chi connectivity index (χ4n) is 2.56. The molecule has 1 heterocycles. The molecule has 0 amide bonds. The highest BCUT2D eigenvalue weighted by molar-refractivity contribution is 5.89. The van der Waals surface area contributed by atoms with E-state index in [2.05, 4.69) is 17.3 Å². The van der Waals surface area contributed by atoms with Crippen LogP contribution in [0, 0.1) is 0 Å². The second kappa shape index (κ2) is 5.58. The standard InChI is InChI=1S/C17H19N3O/c1-12(18-11-14-9-10-19-20(14)2)15-8-7-13-5-3-4-6-16(13)17(15)21/h3-10,12,18,21H,11H2,1-2H3. The van der Waals surface area contributed by atoms with Gasteiger partial charge in [-0.1, -0.05) is 36.4 Å². The first kappa shape index (κ1) is 13.6. The molecule has 2 N–H and O–H groups in total. The summed E-state index contributed by atoms with van der Waals surface area (Å²) in [7, 11) is 1.93. The number of rotatable bonds is 4. The minimum absolute atomic E-state index is 0.0597. The predicted molar refractivity (Wildman–Crippen MR) is 84.1 cm³/mol. The van der Waals surface area contributed by atoms with E-state index >= 15 is 0 Å². The molecule has 1 atom stereocenters. The molecule has 2 aromatic carbocycles. The molecule has 4 heteroatoms. The molecule has 1 aromatic heterocycles. The van der Waals surface area contributed by atoms with E-state index < -0.39 is 0 Å². The molecule has 1 unspecified atom stereocenters. The van der Waals surface area contributed by atoms with Crippen molar-refractivity contribution < 1.29 is 5.11 Å². The Bertz CT molecular complexity index is 764. The lowest BCUT2D eigenvalue weighted by Gasteiger charge is -2.17. The summed E-state index contributed by atoms with van der Waals surface area (Å²) in [5.74, 6) is 0.359. The maximum Gasteiger partial charge on any atom is 0.128 e. The van der Waals surface area contributed by atoms with E-state index in [1.165, 1.54) is 0 Å². The molecular weight excluding hydrogens is 262 g/mol. The Labute approximate surface area is 124 Å². The molecule has 0 aliphatic rings. The first-order valence-corrected chi connectivity index (χ1v) is 7.07. The summed E-state index contributed by atoms with van der Waals surface area (Å²) in [4.78, 5) is 0. The highest BCUT2D eigenvalue weighted by Gasteiger charge is 2.13. The number of benzene rings is 2. The zero-order valence-electron chi connectivity index (χ0n) is 12.2. The van der Waals surface area contributed by atoms with Crippen LogP contribution < -0.4 is 5.32 Å². The molecule has 0 saturated carbocycles. The van der Waals surface area contributed by atoms with Crippen LogP contribution >= 0.6 is 0 Å². The summed E-state index contributed by atoms with van der Waals surface area (Å²) < 4.78 is 1.85. The normalized spacial score (nSPS) is 12.7. The molecular formula is C17H19N3O. The Morgan fingerprint density at radius 1 is 1.19 bits per heavy atom. The average molecular weight is 281 g/mol. The first-order chi connectivity index (χ1) is 10.2. The van der Waals surface area contributed by atoms with Crippen LogP contribution in [0.4, 0.5) is 0 Å². The quantitative estimate of drug-likeness (QED) is 0.772. The van der Waals surface area contributed by atoms with Gasteiger partial charge in [0.25, 0.3) is 0 Å². The first-order valence-electron chi connectivity index (χ1n) is 7.07. The lowest BCUT2D eigenvalue weighted by atomic mass is 10.0. The zero-order valence-corrected chi connectivity index (χ0v) is 12.2. The number of nitrogens with zero attached hydrogens (tertiary/aromatic N) is 2. The molecule has 3 rings (SSSR count). The van der Waals surface area contributed by atoms with E-state index in [9.17, 15) is 5.11 Å². The van der Waals surface area contributed by atoms with Gasteiger partial charge in [0.2, 0.25) is 0 Å². The van der Waals surface area contributed by atoms with Crippen LogP contribution in [-0.4, -0.2) is 14.9 Å². The van der Waals surface area contributed by atoms with Crippen molar-refractivity contribution in [3.05, 3.63) is 59.9 Å². The highest BCUT2D eigenvalue weighted by atomic mass is 16.3.